The first kappa shape index (κ1) is 8.36. The van der Waals surface area contributed by atoms with Crippen molar-refractivity contribution in [2.24, 2.45) is 0 Å². The van der Waals surface area contributed by atoms with Crippen molar-refractivity contribution in [3.05, 3.63) is 35.9 Å². The van der Waals surface area contributed by atoms with E-state index < -0.39 is 0 Å². The molecule has 0 bridgehead atoms. The van der Waals surface area contributed by atoms with E-state index in [1.165, 1.54) is 29.9 Å². The molecule has 68 valence electrons. The molecule has 0 radical (unpaired) electrons. The van der Waals surface area contributed by atoms with Crippen molar-refractivity contribution in [1.29, 1.82) is 0 Å². The van der Waals surface area contributed by atoms with Crippen molar-refractivity contribution < 1.29 is 0 Å². The Morgan fingerprint density at radius 1 is 1.38 bits per heavy atom. The van der Waals surface area contributed by atoms with Gasteiger partial charge in [0.2, 0.25) is 0 Å². The molecular formula is C12H15N. The van der Waals surface area contributed by atoms with Crippen LogP contribution in [0.25, 0.3) is 5.57 Å². The lowest BCUT2D eigenvalue weighted by Gasteiger charge is -2.08. The average molecular weight is 173 g/mol. The number of rotatable bonds is 2. The molecule has 0 atom stereocenters. The lowest BCUT2D eigenvalue weighted by molar-refractivity contribution is 1.34. The van der Waals surface area contributed by atoms with E-state index in [1.807, 2.05) is 0 Å². The minimum absolute atomic E-state index is 1.15. The molecule has 1 heterocycles. The molecule has 1 aliphatic heterocycles. The lowest BCUT2D eigenvalue weighted by atomic mass is 10.0. The fourth-order valence-electron chi connectivity index (χ4n) is 1.63. The number of hydrogen-bond donors (Lipinski definition) is 0. The predicted molar refractivity (Wildman–Crippen MR) is 58.1 cm³/mol. The number of aryl methyl sites for hydroxylation is 1. The van der Waals surface area contributed by atoms with Gasteiger partial charge in [-0.3, -0.25) is 0 Å². The Bertz CT molecular complexity index is 348. The summed E-state index contributed by atoms with van der Waals surface area (Å²) >= 11 is 0. The molecule has 1 heteroatoms. The Morgan fingerprint density at radius 3 is 2.54 bits per heavy atom. The fraction of sp³-hybridized carbons (Fsp3) is 0.333. The highest BCUT2D eigenvalue weighted by Crippen LogP contribution is 2.26. The van der Waals surface area contributed by atoms with E-state index >= 15 is 0 Å². The van der Waals surface area contributed by atoms with Gasteiger partial charge in [0.25, 0.3) is 0 Å². The van der Waals surface area contributed by atoms with Crippen molar-refractivity contribution in [3.8, 4) is 0 Å². The van der Waals surface area contributed by atoms with Gasteiger partial charge in [0.05, 0.1) is 0 Å². The first-order valence-electron chi connectivity index (χ1n) is 4.70. The molecule has 0 spiro atoms. The second-order valence-electron chi connectivity index (χ2n) is 3.77. The molecule has 1 fully saturated rings. The number of benzene rings is 1. The summed E-state index contributed by atoms with van der Waals surface area (Å²) in [4.78, 5) is 2.36. The largest absolute Gasteiger partial charge is 0.368 e. The molecule has 0 saturated carbocycles. The van der Waals surface area contributed by atoms with E-state index in [9.17, 15) is 0 Å². The van der Waals surface area contributed by atoms with E-state index in [0.29, 0.717) is 0 Å². The Kier molecular flexibility index (Phi) is 1.87. The van der Waals surface area contributed by atoms with E-state index in [4.69, 9.17) is 0 Å². The third-order valence-corrected chi connectivity index (χ3v) is 2.48. The topological polar surface area (TPSA) is 3.01 Å². The van der Waals surface area contributed by atoms with Crippen LogP contribution >= 0.6 is 0 Å². The smallest absolute Gasteiger partial charge is 0.0370 e. The summed E-state index contributed by atoms with van der Waals surface area (Å²) in [6.07, 6.45) is 0. The van der Waals surface area contributed by atoms with Crippen LogP contribution in [-0.4, -0.2) is 13.1 Å². The zero-order chi connectivity index (χ0) is 9.42. The highest BCUT2D eigenvalue weighted by Gasteiger charge is 2.17. The van der Waals surface area contributed by atoms with Crippen LogP contribution in [0.1, 0.15) is 18.1 Å². The van der Waals surface area contributed by atoms with E-state index in [-0.39, 0.29) is 0 Å². The highest BCUT2D eigenvalue weighted by molar-refractivity contribution is 5.68. The Labute approximate surface area is 79.7 Å². The number of anilines is 1. The minimum Gasteiger partial charge on any atom is -0.368 e. The Morgan fingerprint density at radius 2 is 2.08 bits per heavy atom. The highest BCUT2D eigenvalue weighted by atomic mass is 15.3. The summed E-state index contributed by atoms with van der Waals surface area (Å²) in [7, 11) is 0. The zero-order valence-corrected chi connectivity index (χ0v) is 8.30. The minimum atomic E-state index is 1.15. The molecule has 0 aliphatic carbocycles. The van der Waals surface area contributed by atoms with Crippen molar-refractivity contribution >= 4 is 11.3 Å². The van der Waals surface area contributed by atoms with Crippen LogP contribution in [0.5, 0.6) is 0 Å². The molecule has 1 nitrogen and oxygen atoms in total. The van der Waals surface area contributed by atoms with Gasteiger partial charge in [-0.05, 0) is 37.1 Å². The average Bonchev–Trinajstić information content (AvgIpc) is 2.85. The maximum Gasteiger partial charge on any atom is 0.0370 e. The van der Waals surface area contributed by atoms with Gasteiger partial charge < -0.3 is 4.90 Å². The third-order valence-electron chi connectivity index (χ3n) is 2.48. The van der Waals surface area contributed by atoms with Crippen LogP contribution in [0.3, 0.4) is 0 Å². The van der Waals surface area contributed by atoms with Crippen LogP contribution in [0.15, 0.2) is 24.8 Å². The Balaban J connectivity index is 2.36. The molecule has 0 amide bonds. The van der Waals surface area contributed by atoms with Crippen molar-refractivity contribution in [3.63, 3.8) is 0 Å². The molecule has 1 aromatic rings. The molecule has 0 N–H and O–H groups in total. The molecule has 0 aromatic heterocycles. The first-order valence-corrected chi connectivity index (χ1v) is 4.70. The van der Waals surface area contributed by atoms with Crippen LogP contribution in [-0.2, 0) is 0 Å². The quantitative estimate of drug-likeness (QED) is 0.621. The third kappa shape index (κ3) is 1.59. The van der Waals surface area contributed by atoms with E-state index in [2.05, 4.69) is 43.5 Å². The van der Waals surface area contributed by atoms with Gasteiger partial charge in [0, 0.05) is 18.8 Å². The maximum atomic E-state index is 3.96. The van der Waals surface area contributed by atoms with Gasteiger partial charge in [-0.2, -0.15) is 0 Å². The summed E-state index contributed by atoms with van der Waals surface area (Å²) in [5, 5.41) is 0. The van der Waals surface area contributed by atoms with Gasteiger partial charge in [-0.15, -0.1) is 0 Å². The molecule has 1 aliphatic rings. The van der Waals surface area contributed by atoms with Crippen LogP contribution in [0.4, 0.5) is 5.69 Å². The van der Waals surface area contributed by atoms with Gasteiger partial charge in [-0.1, -0.05) is 18.2 Å². The summed E-state index contributed by atoms with van der Waals surface area (Å²) in [6.45, 7) is 10.6. The molecule has 2 rings (SSSR count). The number of hydrogen-bond acceptors (Lipinski definition) is 1. The molecular weight excluding hydrogens is 158 g/mol. The second kappa shape index (κ2) is 2.91. The number of nitrogens with zero attached hydrogens (tertiary/aromatic N) is 1. The van der Waals surface area contributed by atoms with Gasteiger partial charge >= 0.3 is 0 Å². The monoisotopic (exact) mass is 173 g/mol. The standard InChI is InChI=1S/C12H15N/c1-9(2)12-5-4-11(8-10(12)3)13-6-7-13/h4-5,8H,1,6-7H2,2-3H3. The van der Waals surface area contributed by atoms with E-state index in [0.717, 1.165) is 5.57 Å². The van der Waals surface area contributed by atoms with Crippen LogP contribution in [0, 0.1) is 6.92 Å². The molecule has 1 aromatic carbocycles. The lowest BCUT2D eigenvalue weighted by Crippen LogP contribution is -1.93. The molecule has 1 saturated heterocycles. The van der Waals surface area contributed by atoms with Crippen molar-refractivity contribution in [2.45, 2.75) is 13.8 Å². The van der Waals surface area contributed by atoms with Crippen molar-refractivity contribution in [2.75, 3.05) is 18.0 Å². The number of allylic oxidation sites excluding steroid dienone is 1. The van der Waals surface area contributed by atoms with E-state index in [1.54, 1.807) is 0 Å². The Hall–Kier alpha value is -1.24. The van der Waals surface area contributed by atoms with Crippen molar-refractivity contribution in [1.82, 2.24) is 0 Å². The van der Waals surface area contributed by atoms with Crippen LogP contribution in [0.2, 0.25) is 0 Å². The molecule has 0 unspecified atom stereocenters. The summed E-state index contributed by atoms with van der Waals surface area (Å²) in [5.74, 6) is 0. The van der Waals surface area contributed by atoms with Crippen LogP contribution < -0.4 is 4.90 Å². The van der Waals surface area contributed by atoms with Gasteiger partial charge in [0.15, 0.2) is 0 Å². The summed E-state index contributed by atoms with van der Waals surface area (Å²) < 4.78 is 0. The fourth-order valence-corrected chi connectivity index (χ4v) is 1.63. The summed E-state index contributed by atoms with van der Waals surface area (Å²) in [5.41, 5.74) is 5.11. The van der Waals surface area contributed by atoms with Gasteiger partial charge in [0.1, 0.15) is 0 Å². The predicted octanol–water partition coefficient (Wildman–Crippen LogP) is 2.85. The summed E-state index contributed by atoms with van der Waals surface area (Å²) in [6, 6.07) is 6.60. The maximum absolute atomic E-state index is 3.96. The first-order chi connectivity index (χ1) is 6.18. The zero-order valence-electron chi connectivity index (χ0n) is 8.30. The molecule has 13 heavy (non-hydrogen) atoms. The second-order valence-corrected chi connectivity index (χ2v) is 3.77. The normalized spacial score (nSPS) is 14.5. The van der Waals surface area contributed by atoms with Gasteiger partial charge in [-0.25, -0.2) is 0 Å². The SMILES string of the molecule is C=C(C)c1ccc(N2CC2)cc1C.